The summed E-state index contributed by atoms with van der Waals surface area (Å²) < 4.78 is 5.25. The monoisotopic (exact) mass is 185 g/mol. The van der Waals surface area contributed by atoms with Crippen molar-refractivity contribution in [2.75, 3.05) is 13.2 Å². The van der Waals surface area contributed by atoms with Crippen LogP contribution >= 0.6 is 11.3 Å². The van der Waals surface area contributed by atoms with Gasteiger partial charge in [0.1, 0.15) is 0 Å². The lowest BCUT2D eigenvalue weighted by Crippen LogP contribution is -2.17. The van der Waals surface area contributed by atoms with Crippen molar-refractivity contribution >= 4 is 11.3 Å². The van der Waals surface area contributed by atoms with Crippen molar-refractivity contribution in [1.29, 1.82) is 0 Å². The predicted octanol–water partition coefficient (Wildman–Crippen LogP) is 2.09. The highest BCUT2D eigenvalue weighted by Gasteiger charge is 2.08. The number of thiophene rings is 1. The van der Waals surface area contributed by atoms with E-state index in [9.17, 15) is 0 Å². The van der Waals surface area contributed by atoms with Crippen molar-refractivity contribution in [3.05, 3.63) is 21.9 Å². The van der Waals surface area contributed by atoms with Crippen molar-refractivity contribution < 1.29 is 4.74 Å². The molecular weight excluding hydrogens is 170 g/mol. The maximum atomic E-state index is 5.91. The summed E-state index contributed by atoms with van der Waals surface area (Å²) in [5.41, 5.74) is 8.39. The molecule has 0 fully saturated rings. The van der Waals surface area contributed by atoms with Gasteiger partial charge in [0.05, 0.1) is 12.6 Å². The van der Waals surface area contributed by atoms with Crippen LogP contribution in [0.4, 0.5) is 0 Å². The molecule has 2 N–H and O–H groups in total. The fourth-order valence-electron chi connectivity index (χ4n) is 1.08. The third-order valence-corrected chi connectivity index (χ3v) is 2.68. The predicted molar refractivity (Wildman–Crippen MR) is 52.5 cm³/mol. The second-order valence-corrected chi connectivity index (χ2v) is 3.52. The van der Waals surface area contributed by atoms with E-state index in [0.29, 0.717) is 6.61 Å². The van der Waals surface area contributed by atoms with Gasteiger partial charge in [-0.3, -0.25) is 0 Å². The minimum absolute atomic E-state index is 0.0381. The Labute approximate surface area is 77.3 Å². The number of nitrogens with two attached hydrogens (primary N) is 1. The normalized spacial score (nSPS) is 13.2. The molecule has 0 aromatic carbocycles. The van der Waals surface area contributed by atoms with Gasteiger partial charge in [0.2, 0.25) is 0 Å². The van der Waals surface area contributed by atoms with E-state index < -0.39 is 0 Å². The minimum Gasteiger partial charge on any atom is -0.380 e. The molecule has 1 atom stereocenters. The summed E-state index contributed by atoms with van der Waals surface area (Å²) in [6.07, 6.45) is 0. The van der Waals surface area contributed by atoms with Crippen LogP contribution in [0.15, 0.2) is 10.8 Å². The maximum absolute atomic E-state index is 5.91. The summed E-state index contributed by atoms with van der Waals surface area (Å²) in [4.78, 5) is 0. The lowest BCUT2D eigenvalue weighted by atomic mass is 10.1. The van der Waals surface area contributed by atoms with E-state index >= 15 is 0 Å². The quantitative estimate of drug-likeness (QED) is 0.779. The van der Waals surface area contributed by atoms with E-state index in [2.05, 4.69) is 17.7 Å². The van der Waals surface area contributed by atoms with Gasteiger partial charge in [-0.15, -0.1) is 0 Å². The second kappa shape index (κ2) is 4.60. The Morgan fingerprint density at radius 2 is 2.33 bits per heavy atom. The fraction of sp³-hybridized carbons (Fsp3) is 0.556. The van der Waals surface area contributed by atoms with Crippen LogP contribution in [0.1, 0.15) is 24.1 Å². The van der Waals surface area contributed by atoms with Crippen molar-refractivity contribution in [2.24, 2.45) is 5.73 Å². The number of hydrogen-bond acceptors (Lipinski definition) is 3. The molecule has 1 unspecified atom stereocenters. The standard InChI is InChI=1S/C9H15NOS/c1-3-11-4-9(10)8-6-12-5-7(8)2/h5-6,9H,3-4,10H2,1-2H3. The van der Waals surface area contributed by atoms with Gasteiger partial charge < -0.3 is 10.5 Å². The molecule has 3 heteroatoms. The minimum atomic E-state index is 0.0381. The Hall–Kier alpha value is -0.380. The van der Waals surface area contributed by atoms with Gasteiger partial charge >= 0.3 is 0 Å². The van der Waals surface area contributed by atoms with Gasteiger partial charge in [-0.05, 0) is 35.7 Å². The Kier molecular flexibility index (Phi) is 3.72. The molecule has 0 saturated carbocycles. The Balaban J connectivity index is 2.52. The molecule has 0 amide bonds. The van der Waals surface area contributed by atoms with E-state index in [1.165, 1.54) is 11.1 Å². The third kappa shape index (κ3) is 2.30. The van der Waals surface area contributed by atoms with E-state index in [4.69, 9.17) is 10.5 Å². The summed E-state index contributed by atoms with van der Waals surface area (Å²) in [7, 11) is 0. The van der Waals surface area contributed by atoms with Crippen LogP contribution in [-0.4, -0.2) is 13.2 Å². The summed E-state index contributed by atoms with van der Waals surface area (Å²) >= 11 is 1.69. The van der Waals surface area contributed by atoms with Crippen LogP contribution in [0.2, 0.25) is 0 Å². The first-order valence-corrected chi connectivity index (χ1v) is 5.06. The molecule has 0 radical (unpaired) electrons. The zero-order chi connectivity index (χ0) is 8.97. The molecule has 1 rings (SSSR count). The van der Waals surface area contributed by atoms with Crippen LogP contribution in [0.3, 0.4) is 0 Å². The maximum Gasteiger partial charge on any atom is 0.0659 e. The van der Waals surface area contributed by atoms with E-state index in [1.54, 1.807) is 11.3 Å². The van der Waals surface area contributed by atoms with Gasteiger partial charge in [-0.2, -0.15) is 11.3 Å². The van der Waals surface area contributed by atoms with Crippen molar-refractivity contribution in [3.63, 3.8) is 0 Å². The summed E-state index contributed by atoms with van der Waals surface area (Å²) in [5.74, 6) is 0. The van der Waals surface area contributed by atoms with Gasteiger partial charge in [-0.25, -0.2) is 0 Å². The number of hydrogen-bond donors (Lipinski definition) is 1. The van der Waals surface area contributed by atoms with Crippen molar-refractivity contribution in [2.45, 2.75) is 19.9 Å². The van der Waals surface area contributed by atoms with Crippen LogP contribution < -0.4 is 5.73 Å². The zero-order valence-corrected chi connectivity index (χ0v) is 8.36. The second-order valence-electron chi connectivity index (χ2n) is 2.78. The molecule has 0 aliphatic heterocycles. The SMILES string of the molecule is CCOCC(N)c1cscc1C. The van der Waals surface area contributed by atoms with E-state index in [1.807, 2.05) is 6.92 Å². The van der Waals surface area contributed by atoms with Crippen LogP contribution in [0.25, 0.3) is 0 Å². The summed E-state index contributed by atoms with van der Waals surface area (Å²) in [6.45, 7) is 5.41. The van der Waals surface area contributed by atoms with Gasteiger partial charge in [0, 0.05) is 6.61 Å². The van der Waals surface area contributed by atoms with Crippen LogP contribution in [0.5, 0.6) is 0 Å². The molecule has 1 heterocycles. The van der Waals surface area contributed by atoms with Gasteiger partial charge in [0.15, 0.2) is 0 Å². The lowest BCUT2D eigenvalue weighted by molar-refractivity contribution is 0.133. The Morgan fingerprint density at radius 3 is 2.83 bits per heavy atom. The molecule has 0 saturated heterocycles. The number of aryl methyl sites for hydroxylation is 1. The molecule has 12 heavy (non-hydrogen) atoms. The number of rotatable bonds is 4. The molecule has 2 nitrogen and oxygen atoms in total. The highest BCUT2D eigenvalue weighted by atomic mass is 32.1. The molecule has 0 bridgehead atoms. The average Bonchev–Trinajstić information content (AvgIpc) is 2.47. The third-order valence-electron chi connectivity index (χ3n) is 1.80. The molecule has 68 valence electrons. The lowest BCUT2D eigenvalue weighted by Gasteiger charge is -2.10. The molecule has 0 aliphatic carbocycles. The molecule has 1 aromatic heterocycles. The van der Waals surface area contributed by atoms with Crippen molar-refractivity contribution in [1.82, 2.24) is 0 Å². The molecular formula is C9H15NOS. The molecule has 1 aromatic rings. The van der Waals surface area contributed by atoms with Crippen LogP contribution in [0, 0.1) is 6.92 Å². The van der Waals surface area contributed by atoms with Gasteiger partial charge in [-0.1, -0.05) is 0 Å². The summed E-state index contributed by atoms with van der Waals surface area (Å²) in [6, 6.07) is 0.0381. The topological polar surface area (TPSA) is 35.2 Å². The first-order valence-electron chi connectivity index (χ1n) is 4.11. The molecule has 0 aliphatic rings. The van der Waals surface area contributed by atoms with Crippen LogP contribution in [-0.2, 0) is 4.74 Å². The van der Waals surface area contributed by atoms with Gasteiger partial charge in [0.25, 0.3) is 0 Å². The summed E-state index contributed by atoms with van der Waals surface area (Å²) in [5, 5.41) is 4.21. The van der Waals surface area contributed by atoms with E-state index in [0.717, 1.165) is 6.61 Å². The molecule has 0 spiro atoms. The van der Waals surface area contributed by atoms with E-state index in [-0.39, 0.29) is 6.04 Å². The Bertz CT molecular complexity index is 234. The first-order chi connectivity index (χ1) is 5.75. The largest absolute Gasteiger partial charge is 0.380 e. The highest BCUT2D eigenvalue weighted by molar-refractivity contribution is 7.08. The first kappa shape index (κ1) is 9.71. The number of ether oxygens (including phenoxy) is 1. The smallest absolute Gasteiger partial charge is 0.0659 e. The highest BCUT2D eigenvalue weighted by Crippen LogP contribution is 2.19. The average molecular weight is 185 g/mol. The fourth-order valence-corrected chi connectivity index (χ4v) is 2.00. The van der Waals surface area contributed by atoms with Crippen molar-refractivity contribution in [3.8, 4) is 0 Å². The Morgan fingerprint density at radius 1 is 1.58 bits per heavy atom. The zero-order valence-electron chi connectivity index (χ0n) is 7.54.